The van der Waals surface area contributed by atoms with Crippen LogP contribution in [0.4, 0.5) is 17.1 Å². The summed E-state index contributed by atoms with van der Waals surface area (Å²) in [5.41, 5.74) is 8.67. The van der Waals surface area contributed by atoms with E-state index in [-0.39, 0.29) is 0 Å². The van der Waals surface area contributed by atoms with Gasteiger partial charge in [-0.15, -0.1) is 0 Å². The predicted octanol–water partition coefficient (Wildman–Crippen LogP) is 5.76. The van der Waals surface area contributed by atoms with E-state index in [1.807, 2.05) is 18.2 Å². The molecule has 2 nitrogen and oxygen atoms in total. The van der Waals surface area contributed by atoms with E-state index < -0.39 is 0 Å². The van der Waals surface area contributed by atoms with Crippen LogP contribution in [0.1, 0.15) is 13.8 Å². The lowest BCUT2D eigenvalue weighted by molar-refractivity contribution is 0.664. The smallest absolute Gasteiger partial charge is 0.0461 e. The lowest BCUT2D eigenvalue weighted by Crippen LogP contribution is -2.09. The van der Waals surface area contributed by atoms with Crippen LogP contribution in [0.15, 0.2) is 91.0 Å². The standard InChI is InChI=1S/C18H15N.C4H11N/c1-4-10-16(11-5-1)19(17-12-6-2-7-13-17)18-14-8-3-9-15-18;1-4(2)3-5/h1-15H;4H,3,5H2,1-2H3. The Balaban J connectivity index is 0.000000368. The van der Waals surface area contributed by atoms with Crippen molar-refractivity contribution in [3.63, 3.8) is 0 Å². The first-order valence-corrected chi connectivity index (χ1v) is 8.37. The Morgan fingerprint density at radius 1 is 0.625 bits per heavy atom. The topological polar surface area (TPSA) is 29.3 Å². The van der Waals surface area contributed by atoms with Crippen LogP contribution in [0.2, 0.25) is 0 Å². The number of hydrogen-bond donors (Lipinski definition) is 1. The average molecular weight is 318 g/mol. The number of nitrogens with two attached hydrogens (primary N) is 1. The third-order valence-electron chi connectivity index (χ3n) is 3.51. The maximum absolute atomic E-state index is 5.17. The van der Waals surface area contributed by atoms with Gasteiger partial charge in [-0.05, 0) is 48.9 Å². The van der Waals surface area contributed by atoms with Crippen LogP contribution >= 0.6 is 0 Å². The number of hydrogen-bond acceptors (Lipinski definition) is 2. The molecule has 0 heterocycles. The molecule has 0 aliphatic heterocycles. The van der Waals surface area contributed by atoms with E-state index in [1.165, 1.54) is 17.1 Å². The van der Waals surface area contributed by atoms with E-state index in [9.17, 15) is 0 Å². The molecule has 0 aliphatic carbocycles. The Labute approximate surface area is 145 Å². The highest BCUT2D eigenvalue weighted by Crippen LogP contribution is 2.33. The van der Waals surface area contributed by atoms with Crippen molar-refractivity contribution < 1.29 is 0 Å². The summed E-state index contributed by atoms with van der Waals surface area (Å²) in [6, 6.07) is 31.3. The van der Waals surface area contributed by atoms with Gasteiger partial charge in [0.05, 0.1) is 0 Å². The molecule has 0 radical (unpaired) electrons. The van der Waals surface area contributed by atoms with Crippen molar-refractivity contribution in [3.8, 4) is 0 Å². The zero-order valence-corrected chi connectivity index (χ0v) is 14.5. The summed E-state index contributed by atoms with van der Waals surface area (Å²) in [4.78, 5) is 2.25. The van der Waals surface area contributed by atoms with E-state index in [1.54, 1.807) is 0 Å². The monoisotopic (exact) mass is 318 g/mol. The maximum Gasteiger partial charge on any atom is 0.0461 e. The number of benzene rings is 3. The summed E-state index contributed by atoms with van der Waals surface area (Å²) in [5.74, 6) is 0.662. The van der Waals surface area contributed by atoms with Gasteiger partial charge in [0.1, 0.15) is 0 Å². The fraction of sp³-hybridized carbons (Fsp3) is 0.182. The molecule has 2 N–H and O–H groups in total. The van der Waals surface area contributed by atoms with Gasteiger partial charge in [-0.25, -0.2) is 0 Å². The van der Waals surface area contributed by atoms with Crippen molar-refractivity contribution in [2.75, 3.05) is 11.4 Å². The first kappa shape index (κ1) is 17.8. The van der Waals surface area contributed by atoms with E-state index in [4.69, 9.17) is 5.73 Å². The first-order chi connectivity index (χ1) is 11.7. The molecular formula is C22H26N2. The van der Waals surface area contributed by atoms with E-state index in [0.29, 0.717) is 5.92 Å². The predicted molar refractivity (Wildman–Crippen MR) is 105 cm³/mol. The molecular weight excluding hydrogens is 292 g/mol. The Morgan fingerprint density at radius 2 is 0.875 bits per heavy atom. The second kappa shape index (κ2) is 9.53. The molecule has 0 saturated carbocycles. The minimum absolute atomic E-state index is 0.662. The highest BCUT2D eigenvalue weighted by molar-refractivity contribution is 5.76. The molecule has 3 rings (SSSR count). The summed E-state index contributed by atoms with van der Waals surface area (Å²) in [7, 11) is 0. The zero-order chi connectivity index (χ0) is 17.2. The first-order valence-electron chi connectivity index (χ1n) is 8.37. The summed E-state index contributed by atoms with van der Waals surface area (Å²) in [5, 5.41) is 0. The normalized spacial score (nSPS) is 10.0. The molecule has 0 atom stereocenters. The van der Waals surface area contributed by atoms with Gasteiger partial charge in [0.15, 0.2) is 0 Å². The molecule has 0 saturated heterocycles. The lowest BCUT2D eigenvalue weighted by atomic mass is 10.2. The van der Waals surface area contributed by atoms with Gasteiger partial charge in [-0.1, -0.05) is 68.4 Å². The lowest BCUT2D eigenvalue weighted by Gasteiger charge is -2.25. The van der Waals surface area contributed by atoms with E-state index in [2.05, 4.69) is 91.5 Å². The average Bonchev–Trinajstić information content (AvgIpc) is 2.65. The Morgan fingerprint density at radius 3 is 1.08 bits per heavy atom. The summed E-state index contributed by atoms with van der Waals surface area (Å²) < 4.78 is 0. The molecule has 3 aromatic rings. The number of anilines is 3. The van der Waals surface area contributed by atoms with Crippen LogP contribution < -0.4 is 10.6 Å². The molecule has 0 aliphatic rings. The van der Waals surface area contributed by atoms with Crippen molar-refractivity contribution in [3.05, 3.63) is 91.0 Å². The third kappa shape index (κ3) is 5.25. The van der Waals surface area contributed by atoms with Gasteiger partial charge in [-0.2, -0.15) is 0 Å². The van der Waals surface area contributed by atoms with Crippen LogP contribution in [0, 0.1) is 5.92 Å². The number of para-hydroxylation sites is 3. The second-order valence-electron chi connectivity index (χ2n) is 5.97. The fourth-order valence-corrected chi connectivity index (χ4v) is 2.18. The van der Waals surface area contributed by atoms with Gasteiger partial charge in [0.25, 0.3) is 0 Å². The van der Waals surface area contributed by atoms with Crippen LogP contribution in [0.3, 0.4) is 0 Å². The molecule has 124 valence electrons. The Bertz CT molecular complexity index is 585. The summed E-state index contributed by atoms with van der Waals surface area (Å²) in [6.07, 6.45) is 0. The Kier molecular flexibility index (Phi) is 7.06. The van der Waals surface area contributed by atoms with Crippen LogP contribution in [-0.2, 0) is 0 Å². The largest absolute Gasteiger partial charge is 0.330 e. The van der Waals surface area contributed by atoms with Crippen molar-refractivity contribution in [2.45, 2.75) is 13.8 Å². The van der Waals surface area contributed by atoms with Crippen molar-refractivity contribution in [1.29, 1.82) is 0 Å². The fourth-order valence-electron chi connectivity index (χ4n) is 2.18. The van der Waals surface area contributed by atoms with Gasteiger partial charge in [0, 0.05) is 17.1 Å². The van der Waals surface area contributed by atoms with Gasteiger partial charge in [-0.3, -0.25) is 0 Å². The molecule has 0 bridgehead atoms. The highest BCUT2D eigenvalue weighted by atomic mass is 15.1. The molecule has 0 amide bonds. The van der Waals surface area contributed by atoms with E-state index in [0.717, 1.165) is 6.54 Å². The molecule has 3 aromatic carbocycles. The Hall–Kier alpha value is -2.58. The molecule has 0 unspecified atom stereocenters. The number of rotatable bonds is 4. The maximum atomic E-state index is 5.17. The highest BCUT2D eigenvalue weighted by Gasteiger charge is 2.10. The van der Waals surface area contributed by atoms with E-state index >= 15 is 0 Å². The van der Waals surface area contributed by atoms with Crippen LogP contribution in [0.5, 0.6) is 0 Å². The summed E-state index contributed by atoms with van der Waals surface area (Å²) in [6.45, 7) is 5.00. The van der Waals surface area contributed by atoms with Crippen molar-refractivity contribution >= 4 is 17.1 Å². The third-order valence-corrected chi connectivity index (χ3v) is 3.51. The molecule has 2 heteroatoms. The SMILES string of the molecule is CC(C)CN.c1ccc(N(c2ccccc2)c2ccccc2)cc1. The van der Waals surface area contributed by atoms with Crippen LogP contribution in [0.25, 0.3) is 0 Å². The zero-order valence-electron chi connectivity index (χ0n) is 14.5. The molecule has 0 fully saturated rings. The van der Waals surface area contributed by atoms with Crippen LogP contribution in [-0.4, -0.2) is 6.54 Å². The van der Waals surface area contributed by atoms with Gasteiger partial charge < -0.3 is 10.6 Å². The second-order valence-corrected chi connectivity index (χ2v) is 5.97. The van der Waals surface area contributed by atoms with Crippen molar-refractivity contribution in [2.24, 2.45) is 11.7 Å². The van der Waals surface area contributed by atoms with Crippen molar-refractivity contribution in [1.82, 2.24) is 0 Å². The minimum atomic E-state index is 0.662. The minimum Gasteiger partial charge on any atom is -0.330 e. The quantitative estimate of drug-likeness (QED) is 0.663. The van der Waals surface area contributed by atoms with Gasteiger partial charge >= 0.3 is 0 Å². The molecule has 24 heavy (non-hydrogen) atoms. The van der Waals surface area contributed by atoms with Gasteiger partial charge in [0.2, 0.25) is 0 Å². The molecule has 0 aromatic heterocycles. The summed E-state index contributed by atoms with van der Waals surface area (Å²) >= 11 is 0. The number of nitrogens with zero attached hydrogens (tertiary/aromatic N) is 1. The molecule has 0 spiro atoms.